The lowest BCUT2D eigenvalue weighted by molar-refractivity contribution is -0.148. The molecule has 2 fully saturated rings. The molecule has 1 aliphatic carbocycles. The zero-order chi connectivity index (χ0) is 11.5. The number of carbonyl (C=O) groups excluding carboxylic acids is 2. The maximum atomic E-state index is 11.7. The highest BCUT2D eigenvalue weighted by atomic mass is 16.2. The number of piperidine rings is 1. The Hall–Kier alpha value is -0.900. The second-order valence-corrected chi connectivity index (χ2v) is 4.75. The molecule has 1 saturated carbocycles. The van der Waals surface area contributed by atoms with E-state index < -0.39 is 0 Å². The van der Waals surface area contributed by atoms with Gasteiger partial charge in [0, 0.05) is 25.4 Å². The molecule has 0 aromatic carbocycles. The van der Waals surface area contributed by atoms with Gasteiger partial charge in [0.05, 0.1) is 0 Å². The van der Waals surface area contributed by atoms with Crippen molar-refractivity contribution in [2.75, 3.05) is 13.1 Å². The van der Waals surface area contributed by atoms with Crippen LogP contribution in [0.1, 0.15) is 39.0 Å². The maximum Gasteiger partial charge on any atom is 0.229 e. The van der Waals surface area contributed by atoms with Gasteiger partial charge in [-0.25, -0.2) is 0 Å². The number of imide groups is 1. The molecule has 1 saturated heterocycles. The summed E-state index contributed by atoms with van der Waals surface area (Å²) in [6.45, 7) is 3.54. The first kappa shape index (κ1) is 11.6. The predicted molar refractivity (Wildman–Crippen MR) is 60.8 cm³/mol. The second kappa shape index (κ2) is 4.95. The van der Waals surface area contributed by atoms with Crippen LogP contribution >= 0.6 is 0 Å². The number of nitrogens with one attached hydrogen (secondary N) is 1. The Kier molecular flexibility index (Phi) is 3.59. The van der Waals surface area contributed by atoms with Crippen molar-refractivity contribution in [1.29, 1.82) is 0 Å². The van der Waals surface area contributed by atoms with E-state index in [-0.39, 0.29) is 11.8 Å². The van der Waals surface area contributed by atoms with Gasteiger partial charge < -0.3 is 5.32 Å². The zero-order valence-electron chi connectivity index (χ0n) is 9.87. The van der Waals surface area contributed by atoms with E-state index in [2.05, 4.69) is 12.2 Å². The summed E-state index contributed by atoms with van der Waals surface area (Å²) in [5, 5.41) is 3.39. The summed E-state index contributed by atoms with van der Waals surface area (Å²) in [5.41, 5.74) is 0. The van der Waals surface area contributed by atoms with E-state index in [0.29, 0.717) is 31.3 Å². The number of likely N-dealkylation sites (N-methyl/N-ethyl adjacent to an activating group) is 1. The molecular weight excluding hydrogens is 204 g/mol. The summed E-state index contributed by atoms with van der Waals surface area (Å²) in [6, 6.07) is 0.316. The van der Waals surface area contributed by atoms with Crippen LogP contribution in [-0.2, 0) is 9.59 Å². The zero-order valence-corrected chi connectivity index (χ0v) is 9.87. The molecule has 0 aromatic rings. The molecule has 1 atom stereocenters. The van der Waals surface area contributed by atoms with E-state index in [9.17, 15) is 9.59 Å². The first-order valence-electron chi connectivity index (χ1n) is 6.29. The fourth-order valence-electron chi connectivity index (χ4n) is 2.34. The van der Waals surface area contributed by atoms with Crippen LogP contribution < -0.4 is 5.32 Å². The number of amides is 2. The average Bonchev–Trinajstić information content (AvgIpc) is 3.06. The van der Waals surface area contributed by atoms with Gasteiger partial charge in [0.15, 0.2) is 0 Å². The molecule has 4 heteroatoms. The highest BCUT2D eigenvalue weighted by Gasteiger charge is 2.35. The first-order valence-corrected chi connectivity index (χ1v) is 6.29. The van der Waals surface area contributed by atoms with Gasteiger partial charge in [0.2, 0.25) is 11.8 Å². The molecule has 1 N–H and O–H groups in total. The van der Waals surface area contributed by atoms with E-state index in [1.807, 2.05) is 0 Å². The summed E-state index contributed by atoms with van der Waals surface area (Å²) >= 11 is 0. The first-order chi connectivity index (χ1) is 7.72. The maximum absolute atomic E-state index is 11.7. The molecule has 90 valence electrons. The van der Waals surface area contributed by atoms with Gasteiger partial charge in [-0.1, -0.05) is 6.92 Å². The van der Waals surface area contributed by atoms with E-state index in [4.69, 9.17) is 0 Å². The smallest absolute Gasteiger partial charge is 0.229 e. The lowest BCUT2D eigenvalue weighted by Crippen LogP contribution is -2.49. The molecule has 1 heterocycles. The molecule has 16 heavy (non-hydrogen) atoms. The lowest BCUT2D eigenvalue weighted by Gasteiger charge is -2.29. The second-order valence-electron chi connectivity index (χ2n) is 4.75. The van der Waals surface area contributed by atoms with E-state index >= 15 is 0 Å². The molecule has 2 amide bonds. The topological polar surface area (TPSA) is 49.4 Å². The standard InChI is InChI=1S/C12H20N2O2/c1-2-13-10(9-6-7-9)8-14-11(15)4-3-5-12(14)16/h9-10,13H,2-8H2,1H3. The van der Waals surface area contributed by atoms with Crippen LogP contribution in [0.15, 0.2) is 0 Å². The van der Waals surface area contributed by atoms with Crippen molar-refractivity contribution >= 4 is 11.8 Å². The minimum atomic E-state index is 0.0137. The Labute approximate surface area is 96.4 Å². The SMILES string of the molecule is CCNC(CN1C(=O)CCCC1=O)C1CC1. The molecule has 0 bridgehead atoms. The predicted octanol–water partition coefficient (Wildman–Crippen LogP) is 0.914. The Morgan fingerprint density at radius 3 is 2.44 bits per heavy atom. The third-order valence-electron chi connectivity index (χ3n) is 3.42. The van der Waals surface area contributed by atoms with Gasteiger partial charge in [-0.05, 0) is 31.7 Å². The van der Waals surface area contributed by atoms with Crippen LogP contribution in [0.3, 0.4) is 0 Å². The number of hydrogen-bond acceptors (Lipinski definition) is 3. The van der Waals surface area contributed by atoms with Gasteiger partial charge in [-0.2, -0.15) is 0 Å². The normalized spacial score (nSPS) is 23.7. The third kappa shape index (κ3) is 2.61. The quantitative estimate of drug-likeness (QED) is 0.706. The summed E-state index contributed by atoms with van der Waals surface area (Å²) in [4.78, 5) is 24.8. The molecule has 1 unspecified atom stereocenters. The fourth-order valence-corrected chi connectivity index (χ4v) is 2.34. The molecular formula is C12H20N2O2. The number of carbonyl (C=O) groups is 2. The minimum Gasteiger partial charge on any atom is -0.312 e. The van der Waals surface area contributed by atoms with Crippen molar-refractivity contribution in [3.8, 4) is 0 Å². The minimum absolute atomic E-state index is 0.0137. The van der Waals surface area contributed by atoms with Gasteiger partial charge in [0.25, 0.3) is 0 Å². The Morgan fingerprint density at radius 1 is 1.31 bits per heavy atom. The van der Waals surface area contributed by atoms with Crippen molar-refractivity contribution < 1.29 is 9.59 Å². The van der Waals surface area contributed by atoms with E-state index in [0.717, 1.165) is 13.0 Å². The summed E-state index contributed by atoms with van der Waals surface area (Å²) < 4.78 is 0. The largest absolute Gasteiger partial charge is 0.312 e. The summed E-state index contributed by atoms with van der Waals surface area (Å²) in [6.07, 6.45) is 4.26. The van der Waals surface area contributed by atoms with Crippen LogP contribution in [0.2, 0.25) is 0 Å². The van der Waals surface area contributed by atoms with Crippen LogP contribution in [-0.4, -0.2) is 35.8 Å². The Bertz CT molecular complexity index is 271. The molecule has 0 aromatic heterocycles. The highest BCUT2D eigenvalue weighted by molar-refractivity contribution is 5.97. The van der Waals surface area contributed by atoms with Crippen molar-refractivity contribution in [3.63, 3.8) is 0 Å². The monoisotopic (exact) mass is 224 g/mol. The van der Waals surface area contributed by atoms with Crippen LogP contribution in [0.4, 0.5) is 0 Å². The van der Waals surface area contributed by atoms with Gasteiger partial charge in [-0.3, -0.25) is 14.5 Å². The van der Waals surface area contributed by atoms with Gasteiger partial charge >= 0.3 is 0 Å². The molecule has 4 nitrogen and oxygen atoms in total. The van der Waals surface area contributed by atoms with Gasteiger partial charge in [0.1, 0.15) is 0 Å². The molecule has 1 aliphatic heterocycles. The Morgan fingerprint density at radius 2 is 1.94 bits per heavy atom. The molecule has 0 spiro atoms. The van der Waals surface area contributed by atoms with Crippen molar-refractivity contribution in [2.45, 2.75) is 45.1 Å². The van der Waals surface area contributed by atoms with Gasteiger partial charge in [-0.15, -0.1) is 0 Å². The van der Waals surface area contributed by atoms with Crippen molar-refractivity contribution in [2.24, 2.45) is 5.92 Å². The number of hydrogen-bond donors (Lipinski definition) is 1. The number of nitrogens with zero attached hydrogens (tertiary/aromatic N) is 1. The third-order valence-corrected chi connectivity index (χ3v) is 3.42. The van der Waals surface area contributed by atoms with Crippen LogP contribution in [0, 0.1) is 5.92 Å². The molecule has 0 radical (unpaired) electrons. The van der Waals surface area contributed by atoms with E-state index in [1.165, 1.54) is 17.7 Å². The fraction of sp³-hybridized carbons (Fsp3) is 0.833. The summed E-state index contributed by atoms with van der Waals surface area (Å²) in [7, 11) is 0. The van der Waals surface area contributed by atoms with Crippen LogP contribution in [0.5, 0.6) is 0 Å². The highest BCUT2D eigenvalue weighted by Crippen LogP contribution is 2.33. The van der Waals surface area contributed by atoms with E-state index in [1.54, 1.807) is 0 Å². The average molecular weight is 224 g/mol. The number of likely N-dealkylation sites (tertiary alicyclic amines) is 1. The Balaban J connectivity index is 1.94. The van der Waals surface area contributed by atoms with Crippen LogP contribution in [0.25, 0.3) is 0 Å². The van der Waals surface area contributed by atoms with Crippen molar-refractivity contribution in [3.05, 3.63) is 0 Å². The van der Waals surface area contributed by atoms with Crippen molar-refractivity contribution in [1.82, 2.24) is 10.2 Å². The summed E-state index contributed by atoms with van der Waals surface area (Å²) in [5.74, 6) is 0.696. The molecule has 2 rings (SSSR count). The molecule has 2 aliphatic rings. The lowest BCUT2D eigenvalue weighted by atomic mass is 10.1. The number of rotatable bonds is 5.